The van der Waals surface area contributed by atoms with Crippen molar-refractivity contribution in [2.24, 2.45) is 0 Å². The van der Waals surface area contributed by atoms with Crippen LogP contribution in [-0.2, 0) is 0 Å². The first-order valence-corrected chi connectivity index (χ1v) is 6.81. The van der Waals surface area contributed by atoms with Gasteiger partial charge in [-0.25, -0.2) is 4.98 Å². The third kappa shape index (κ3) is 2.26. The molecule has 0 amide bonds. The highest BCUT2D eigenvalue weighted by Gasteiger charge is 2.13. The Labute approximate surface area is 110 Å². The fraction of sp³-hybridized carbons (Fsp3) is 0.308. The largest absolute Gasteiger partial charge is 0.486 e. The van der Waals surface area contributed by atoms with Gasteiger partial charge in [0.1, 0.15) is 13.2 Å². The number of nitrogens with zero attached hydrogens (tertiary/aromatic N) is 1. The van der Waals surface area contributed by atoms with Gasteiger partial charge >= 0.3 is 0 Å². The van der Waals surface area contributed by atoms with Gasteiger partial charge in [0, 0.05) is 17.1 Å². The van der Waals surface area contributed by atoms with Crippen LogP contribution in [0.5, 0.6) is 11.5 Å². The summed E-state index contributed by atoms with van der Waals surface area (Å²) in [6.07, 6.45) is 0. The summed E-state index contributed by atoms with van der Waals surface area (Å²) in [6, 6.07) is 6.08. The van der Waals surface area contributed by atoms with Crippen LogP contribution < -0.4 is 14.8 Å². The molecule has 1 N–H and O–H groups in total. The van der Waals surface area contributed by atoms with Crippen molar-refractivity contribution >= 4 is 17.0 Å². The van der Waals surface area contributed by atoms with Crippen molar-refractivity contribution in [1.82, 2.24) is 4.98 Å². The lowest BCUT2D eigenvalue weighted by Crippen LogP contribution is -2.15. The zero-order chi connectivity index (χ0) is 12.4. The number of thiazole rings is 1. The number of anilines is 1. The molecule has 2 aromatic rings. The van der Waals surface area contributed by atoms with Crippen molar-refractivity contribution in [1.29, 1.82) is 0 Å². The molecular formula is C13H14N2O2S. The lowest BCUT2D eigenvalue weighted by atomic mass is 10.2. The molecule has 3 rings (SSSR count). The molecule has 0 radical (unpaired) electrons. The molecule has 1 aromatic carbocycles. The van der Waals surface area contributed by atoms with E-state index < -0.39 is 0 Å². The molecule has 94 valence electrons. The summed E-state index contributed by atoms with van der Waals surface area (Å²) in [7, 11) is 0. The summed E-state index contributed by atoms with van der Waals surface area (Å²) < 4.78 is 11.1. The Morgan fingerprint density at radius 2 is 2.11 bits per heavy atom. The zero-order valence-corrected chi connectivity index (χ0v) is 10.9. The molecule has 0 bridgehead atoms. The maximum atomic E-state index is 5.56. The van der Waals surface area contributed by atoms with E-state index in [1.165, 1.54) is 0 Å². The van der Waals surface area contributed by atoms with Crippen molar-refractivity contribution in [3.05, 3.63) is 34.8 Å². The van der Waals surface area contributed by atoms with E-state index >= 15 is 0 Å². The van der Waals surface area contributed by atoms with Crippen molar-refractivity contribution in [3.63, 3.8) is 0 Å². The molecule has 1 unspecified atom stereocenters. The second kappa shape index (κ2) is 4.86. The normalized spacial score (nSPS) is 15.2. The first-order chi connectivity index (χ1) is 8.83. The highest BCUT2D eigenvalue weighted by atomic mass is 32.1. The van der Waals surface area contributed by atoms with Gasteiger partial charge in [-0.2, -0.15) is 0 Å². The Hall–Kier alpha value is -1.75. The number of nitrogens with one attached hydrogen (secondary N) is 1. The molecule has 1 aromatic heterocycles. The molecule has 4 nitrogen and oxygen atoms in total. The molecule has 1 aliphatic heterocycles. The highest BCUT2D eigenvalue weighted by Crippen LogP contribution is 2.33. The predicted molar refractivity (Wildman–Crippen MR) is 71.6 cm³/mol. The first-order valence-electron chi connectivity index (χ1n) is 5.87. The van der Waals surface area contributed by atoms with Crippen LogP contribution in [0.4, 0.5) is 5.69 Å². The van der Waals surface area contributed by atoms with Crippen LogP contribution in [-0.4, -0.2) is 18.2 Å². The quantitative estimate of drug-likeness (QED) is 0.923. The summed E-state index contributed by atoms with van der Waals surface area (Å²) in [5.41, 5.74) is 3.91. The van der Waals surface area contributed by atoms with Gasteiger partial charge in [-0.3, -0.25) is 0 Å². The molecule has 0 fully saturated rings. The van der Waals surface area contributed by atoms with Crippen LogP contribution in [0.3, 0.4) is 0 Å². The molecular weight excluding hydrogens is 248 g/mol. The Morgan fingerprint density at radius 1 is 1.28 bits per heavy atom. The van der Waals surface area contributed by atoms with E-state index in [1.54, 1.807) is 11.3 Å². The van der Waals surface area contributed by atoms with E-state index in [0.717, 1.165) is 22.9 Å². The smallest absolute Gasteiger partial charge is 0.163 e. The average Bonchev–Trinajstić information content (AvgIpc) is 2.92. The van der Waals surface area contributed by atoms with E-state index in [1.807, 2.05) is 23.7 Å². The number of fused-ring (bicyclic) bond motifs is 1. The van der Waals surface area contributed by atoms with Crippen molar-refractivity contribution in [3.8, 4) is 11.5 Å². The van der Waals surface area contributed by atoms with E-state index in [0.29, 0.717) is 13.2 Å². The van der Waals surface area contributed by atoms with Gasteiger partial charge < -0.3 is 14.8 Å². The maximum absolute atomic E-state index is 5.56. The van der Waals surface area contributed by atoms with E-state index in [-0.39, 0.29) is 6.04 Å². The SMILES string of the molecule is CC(Nc1ccc2c(c1)OCCO2)c1cscn1. The maximum Gasteiger partial charge on any atom is 0.163 e. The Morgan fingerprint density at radius 3 is 2.89 bits per heavy atom. The Bertz CT molecular complexity index is 528. The summed E-state index contributed by atoms with van der Waals surface area (Å²) in [5, 5.41) is 5.45. The molecule has 0 aliphatic carbocycles. The number of aromatic nitrogens is 1. The van der Waals surface area contributed by atoms with Gasteiger partial charge in [-0.05, 0) is 19.1 Å². The summed E-state index contributed by atoms with van der Waals surface area (Å²) in [5.74, 6) is 1.62. The topological polar surface area (TPSA) is 43.4 Å². The minimum absolute atomic E-state index is 0.179. The molecule has 1 aliphatic rings. The van der Waals surface area contributed by atoms with Crippen LogP contribution >= 0.6 is 11.3 Å². The van der Waals surface area contributed by atoms with Gasteiger partial charge in [-0.1, -0.05) is 0 Å². The Kier molecular flexibility index (Phi) is 3.06. The van der Waals surface area contributed by atoms with Crippen LogP contribution in [0.25, 0.3) is 0 Å². The molecule has 18 heavy (non-hydrogen) atoms. The van der Waals surface area contributed by atoms with Gasteiger partial charge in [0.25, 0.3) is 0 Å². The van der Waals surface area contributed by atoms with E-state index in [2.05, 4.69) is 22.6 Å². The number of benzene rings is 1. The molecule has 1 atom stereocenters. The molecule has 0 saturated carbocycles. The highest BCUT2D eigenvalue weighted by molar-refractivity contribution is 7.07. The fourth-order valence-electron chi connectivity index (χ4n) is 1.89. The second-order valence-electron chi connectivity index (χ2n) is 4.14. The van der Waals surface area contributed by atoms with Gasteiger partial charge in [-0.15, -0.1) is 11.3 Å². The van der Waals surface area contributed by atoms with Gasteiger partial charge in [0.2, 0.25) is 0 Å². The van der Waals surface area contributed by atoms with Crippen molar-refractivity contribution in [2.75, 3.05) is 18.5 Å². The monoisotopic (exact) mass is 262 g/mol. The number of ether oxygens (including phenoxy) is 2. The van der Waals surface area contributed by atoms with Crippen LogP contribution in [0.2, 0.25) is 0 Å². The minimum Gasteiger partial charge on any atom is -0.486 e. The third-order valence-electron chi connectivity index (χ3n) is 2.82. The van der Waals surface area contributed by atoms with Crippen LogP contribution in [0, 0.1) is 0 Å². The van der Waals surface area contributed by atoms with E-state index in [4.69, 9.17) is 9.47 Å². The van der Waals surface area contributed by atoms with Crippen LogP contribution in [0.15, 0.2) is 29.1 Å². The third-order valence-corrected chi connectivity index (χ3v) is 3.43. The predicted octanol–water partition coefficient (Wildman–Crippen LogP) is 3.09. The van der Waals surface area contributed by atoms with Gasteiger partial charge in [0.05, 0.1) is 17.2 Å². The lowest BCUT2D eigenvalue weighted by molar-refractivity contribution is 0.171. The number of hydrogen-bond acceptors (Lipinski definition) is 5. The summed E-state index contributed by atoms with van der Waals surface area (Å²) >= 11 is 1.61. The van der Waals surface area contributed by atoms with Gasteiger partial charge in [0.15, 0.2) is 11.5 Å². The zero-order valence-electron chi connectivity index (χ0n) is 10.1. The average molecular weight is 262 g/mol. The van der Waals surface area contributed by atoms with E-state index in [9.17, 15) is 0 Å². The van der Waals surface area contributed by atoms with Crippen molar-refractivity contribution < 1.29 is 9.47 Å². The summed E-state index contributed by atoms with van der Waals surface area (Å²) in [4.78, 5) is 4.30. The van der Waals surface area contributed by atoms with Crippen molar-refractivity contribution in [2.45, 2.75) is 13.0 Å². The molecule has 5 heteroatoms. The second-order valence-corrected chi connectivity index (χ2v) is 4.86. The number of hydrogen-bond donors (Lipinski definition) is 1. The number of rotatable bonds is 3. The fourth-order valence-corrected chi connectivity index (χ4v) is 2.54. The minimum atomic E-state index is 0.179. The Balaban J connectivity index is 1.77. The first kappa shape index (κ1) is 11.3. The standard InChI is InChI=1S/C13H14N2O2S/c1-9(11-7-18-8-14-11)15-10-2-3-12-13(6-10)17-5-4-16-12/h2-3,6-9,15H,4-5H2,1H3. The van der Waals surface area contributed by atoms with Crippen LogP contribution in [0.1, 0.15) is 18.7 Å². The molecule has 2 heterocycles. The molecule has 0 spiro atoms. The summed E-state index contributed by atoms with van der Waals surface area (Å²) in [6.45, 7) is 3.32. The molecule has 0 saturated heterocycles. The lowest BCUT2D eigenvalue weighted by Gasteiger charge is -2.20.